The normalized spacial score (nSPS) is 11.2. The Balaban J connectivity index is 2.06. The van der Waals surface area contributed by atoms with Crippen LogP contribution in [-0.2, 0) is 0 Å². The minimum Gasteiger partial charge on any atom is -0.350 e. The van der Waals surface area contributed by atoms with Gasteiger partial charge in [-0.15, -0.1) is 0 Å². The van der Waals surface area contributed by atoms with Crippen molar-refractivity contribution in [2.75, 3.05) is 0 Å². The highest BCUT2D eigenvalue weighted by molar-refractivity contribution is 7.99. The van der Waals surface area contributed by atoms with Crippen molar-refractivity contribution in [3.05, 3.63) is 60.2 Å². The van der Waals surface area contributed by atoms with E-state index in [1.807, 2.05) is 49.4 Å². The average Bonchev–Trinajstić information content (AvgIpc) is 2.46. The Hall–Kier alpha value is -2.27. The maximum absolute atomic E-state index is 10.6. The van der Waals surface area contributed by atoms with E-state index in [9.17, 15) is 4.79 Å². The Morgan fingerprint density at radius 1 is 1.05 bits per heavy atom. The molecule has 20 heavy (non-hydrogen) atoms. The number of hydrogen-bond donors (Lipinski definition) is 2. The molecule has 0 fully saturated rings. The number of hydrogen-bond acceptors (Lipinski definition) is 3. The maximum Gasteiger partial charge on any atom is 0.332 e. The molecule has 0 saturated heterocycles. The van der Waals surface area contributed by atoms with Crippen molar-refractivity contribution in [1.29, 1.82) is 0 Å². The van der Waals surface area contributed by atoms with Crippen molar-refractivity contribution >= 4 is 23.5 Å². The van der Waals surface area contributed by atoms with Crippen LogP contribution in [0.1, 0.15) is 12.5 Å². The van der Waals surface area contributed by atoms with Crippen LogP contribution in [0.4, 0.5) is 4.79 Å². The number of rotatable bonds is 4. The second kappa shape index (κ2) is 6.77. The van der Waals surface area contributed by atoms with Crippen LogP contribution in [0.2, 0.25) is 0 Å². The fourth-order valence-electron chi connectivity index (χ4n) is 1.59. The van der Waals surface area contributed by atoms with Crippen molar-refractivity contribution in [3.8, 4) is 0 Å². The van der Waals surface area contributed by atoms with Gasteiger partial charge in [-0.25, -0.2) is 10.2 Å². The Morgan fingerprint density at radius 2 is 1.65 bits per heavy atom. The summed E-state index contributed by atoms with van der Waals surface area (Å²) in [5, 5.41) is 3.89. The molecule has 102 valence electrons. The predicted molar refractivity (Wildman–Crippen MR) is 81.9 cm³/mol. The molecule has 4 nitrogen and oxygen atoms in total. The number of carbonyl (C=O) groups is 1. The topological polar surface area (TPSA) is 67.5 Å². The number of nitrogens with one attached hydrogen (secondary N) is 1. The third-order valence-electron chi connectivity index (χ3n) is 2.58. The van der Waals surface area contributed by atoms with Crippen LogP contribution in [0.15, 0.2) is 69.5 Å². The lowest BCUT2D eigenvalue weighted by Gasteiger charge is -2.04. The summed E-state index contributed by atoms with van der Waals surface area (Å²) < 4.78 is 0. The number of amides is 2. The van der Waals surface area contributed by atoms with Crippen molar-refractivity contribution in [1.82, 2.24) is 5.43 Å². The first-order valence-corrected chi connectivity index (χ1v) is 6.90. The van der Waals surface area contributed by atoms with E-state index < -0.39 is 6.03 Å². The first-order valence-electron chi connectivity index (χ1n) is 6.08. The van der Waals surface area contributed by atoms with E-state index in [1.54, 1.807) is 11.8 Å². The first-order chi connectivity index (χ1) is 9.65. The Kier molecular flexibility index (Phi) is 4.79. The average molecular weight is 285 g/mol. The summed E-state index contributed by atoms with van der Waals surface area (Å²) in [6.07, 6.45) is 0. The summed E-state index contributed by atoms with van der Waals surface area (Å²) in [5.41, 5.74) is 8.84. The summed E-state index contributed by atoms with van der Waals surface area (Å²) >= 11 is 1.70. The minimum absolute atomic E-state index is 0.666. The van der Waals surface area contributed by atoms with Gasteiger partial charge < -0.3 is 5.73 Å². The SMILES string of the molecule is C/C(=N\NC(N)=O)c1ccc(Sc2ccccc2)cc1. The van der Waals surface area contributed by atoms with Crippen LogP contribution in [0.5, 0.6) is 0 Å². The number of primary amides is 1. The Labute approximate surface area is 122 Å². The first kappa shape index (κ1) is 14.1. The fourth-order valence-corrected chi connectivity index (χ4v) is 2.43. The molecule has 0 aromatic heterocycles. The van der Waals surface area contributed by atoms with Crippen LogP contribution in [0.25, 0.3) is 0 Å². The molecule has 0 atom stereocenters. The second-order valence-electron chi connectivity index (χ2n) is 4.11. The van der Waals surface area contributed by atoms with E-state index in [-0.39, 0.29) is 0 Å². The number of nitrogens with two attached hydrogens (primary N) is 1. The van der Waals surface area contributed by atoms with E-state index in [1.165, 1.54) is 4.90 Å². The summed E-state index contributed by atoms with van der Waals surface area (Å²) in [6.45, 7) is 1.81. The van der Waals surface area contributed by atoms with E-state index in [4.69, 9.17) is 5.73 Å². The smallest absolute Gasteiger partial charge is 0.332 e. The van der Waals surface area contributed by atoms with E-state index in [0.717, 1.165) is 10.5 Å². The standard InChI is InChI=1S/C15H15N3OS/c1-11(17-18-15(16)19)12-7-9-14(10-8-12)20-13-5-3-2-4-6-13/h2-10H,1H3,(H3,16,18,19)/b17-11+. The highest BCUT2D eigenvalue weighted by Gasteiger charge is 2.00. The highest BCUT2D eigenvalue weighted by atomic mass is 32.2. The molecular weight excluding hydrogens is 270 g/mol. The van der Waals surface area contributed by atoms with Gasteiger partial charge in [0, 0.05) is 9.79 Å². The molecule has 0 aliphatic carbocycles. The van der Waals surface area contributed by atoms with Gasteiger partial charge in [0.1, 0.15) is 0 Å². The van der Waals surface area contributed by atoms with Crippen LogP contribution in [0, 0.1) is 0 Å². The lowest BCUT2D eigenvalue weighted by molar-refractivity contribution is 0.249. The number of urea groups is 1. The zero-order valence-electron chi connectivity index (χ0n) is 11.0. The molecule has 0 aliphatic rings. The van der Waals surface area contributed by atoms with Crippen molar-refractivity contribution in [2.45, 2.75) is 16.7 Å². The minimum atomic E-state index is -0.666. The molecule has 2 aromatic rings. The Morgan fingerprint density at radius 3 is 2.25 bits per heavy atom. The van der Waals surface area contributed by atoms with Gasteiger partial charge in [0.25, 0.3) is 0 Å². The van der Waals surface area contributed by atoms with Gasteiger partial charge >= 0.3 is 6.03 Å². The van der Waals surface area contributed by atoms with Gasteiger partial charge in [0.05, 0.1) is 5.71 Å². The number of benzene rings is 2. The van der Waals surface area contributed by atoms with Gasteiger partial charge in [-0.2, -0.15) is 5.10 Å². The summed E-state index contributed by atoms with van der Waals surface area (Å²) in [4.78, 5) is 12.9. The molecule has 0 spiro atoms. The third-order valence-corrected chi connectivity index (χ3v) is 3.60. The molecule has 2 rings (SSSR count). The molecule has 2 amide bonds. The molecule has 0 saturated carbocycles. The molecule has 0 unspecified atom stereocenters. The highest BCUT2D eigenvalue weighted by Crippen LogP contribution is 2.27. The van der Waals surface area contributed by atoms with Crippen LogP contribution >= 0.6 is 11.8 Å². The predicted octanol–water partition coefficient (Wildman–Crippen LogP) is 3.23. The van der Waals surface area contributed by atoms with Gasteiger partial charge in [-0.05, 0) is 36.8 Å². The lowest BCUT2D eigenvalue weighted by Crippen LogP contribution is -2.25. The van der Waals surface area contributed by atoms with Crippen LogP contribution < -0.4 is 11.2 Å². The third kappa shape index (κ3) is 4.13. The fraction of sp³-hybridized carbons (Fsp3) is 0.0667. The molecular formula is C15H15N3OS. The second-order valence-corrected chi connectivity index (χ2v) is 5.26. The van der Waals surface area contributed by atoms with Crippen molar-refractivity contribution in [3.63, 3.8) is 0 Å². The van der Waals surface area contributed by atoms with Gasteiger partial charge in [-0.1, -0.05) is 42.1 Å². The van der Waals surface area contributed by atoms with Gasteiger partial charge in [0.15, 0.2) is 0 Å². The number of nitrogens with zero attached hydrogens (tertiary/aromatic N) is 1. The van der Waals surface area contributed by atoms with Gasteiger partial charge in [0.2, 0.25) is 0 Å². The van der Waals surface area contributed by atoms with Crippen molar-refractivity contribution in [2.24, 2.45) is 10.8 Å². The van der Waals surface area contributed by atoms with Crippen LogP contribution in [-0.4, -0.2) is 11.7 Å². The largest absolute Gasteiger partial charge is 0.350 e. The molecule has 0 aliphatic heterocycles. The quantitative estimate of drug-likeness (QED) is 0.669. The summed E-state index contributed by atoms with van der Waals surface area (Å²) in [6, 6.07) is 17.5. The Bertz CT molecular complexity index is 609. The summed E-state index contributed by atoms with van der Waals surface area (Å²) in [5.74, 6) is 0. The monoisotopic (exact) mass is 285 g/mol. The van der Waals surface area contributed by atoms with Crippen molar-refractivity contribution < 1.29 is 4.79 Å². The summed E-state index contributed by atoms with van der Waals surface area (Å²) in [7, 11) is 0. The molecule has 2 aromatic carbocycles. The molecule has 3 N–H and O–H groups in total. The molecule has 0 radical (unpaired) electrons. The van der Waals surface area contributed by atoms with Crippen LogP contribution in [0.3, 0.4) is 0 Å². The molecule has 0 heterocycles. The van der Waals surface area contributed by atoms with E-state index >= 15 is 0 Å². The zero-order valence-corrected chi connectivity index (χ0v) is 11.9. The number of hydrazone groups is 1. The molecule has 0 bridgehead atoms. The van der Waals surface area contributed by atoms with Gasteiger partial charge in [-0.3, -0.25) is 0 Å². The van der Waals surface area contributed by atoms with E-state index in [2.05, 4.69) is 22.7 Å². The zero-order chi connectivity index (χ0) is 14.4. The maximum atomic E-state index is 10.6. The molecule has 5 heteroatoms. The van der Waals surface area contributed by atoms with E-state index in [0.29, 0.717) is 5.71 Å². The lowest BCUT2D eigenvalue weighted by atomic mass is 10.1. The number of carbonyl (C=O) groups excluding carboxylic acids is 1.